The molecular formula is C8H15ArO4-. The van der Waals surface area contributed by atoms with Gasteiger partial charge in [0.1, 0.15) is 0 Å². The topological polar surface area (TPSA) is 74.3 Å². The average Bonchev–Trinajstić information content (AvgIpc) is 1.93. The van der Waals surface area contributed by atoms with Crippen molar-refractivity contribution in [1.29, 1.82) is 0 Å². The molecule has 0 saturated carbocycles. The van der Waals surface area contributed by atoms with Crippen LogP contribution in [0.3, 0.4) is 0 Å². The number of carboxylic acid groups (broad SMARTS) is 1. The van der Waals surface area contributed by atoms with Crippen molar-refractivity contribution in [3.8, 4) is 0 Å². The summed E-state index contributed by atoms with van der Waals surface area (Å²) < 4.78 is 0. The summed E-state index contributed by atoms with van der Waals surface area (Å²) in [6.07, 6.45) is 1.10. The summed E-state index contributed by atoms with van der Waals surface area (Å²) in [5.41, 5.74) is 0. The monoisotopic (exact) mass is 215 g/mol. The Morgan fingerprint density at radius 1 is 1.38 bits per heavy atom. The van der Waals surface area contributed by atoms with E-state index in [-0.39, 0.29) is 57.7 Å². The molecule has 0 aromatic heterocycles. The van der Waals surface area contributed by atoms with E-state index in [0.717, 1.165) is 0 Å². The summed E-state index contributed by atoms with van der Waals surface area (Å²) in [5.74, 6) is -0.961. The Bertz CT molecular complexity index is 119. The van der Waals surface area contributed by atoms with Crippen molar-refractivity contribution in [3.63, 3.8) is 0 Å². The second-order valence-corrected chi connectivity index (χ2v) is 1.21. The van der Waals surface area contributed by atoms with Crippen molar-refractivity contribution in [2.45, 2.75) is 27.2 Å². The fourth-order valence-corrected chi connectivity index (χ4v) is 0.204. The Balaban J connectivity index is -0.0000000268. The minimum absolute atomic E-state index is 0. The van der Waals surface area contributed by atoms with Gasteiger partial charge in [-0.15, -0.1) is 13.2 Å². The molecule has 0 aliphatic heterocycles. The molecule has 0 rings (SSSR count). The SMILES string of the molecule is C.C=C.CCCC(=O)[O-].O=C=O.[Ar]. The summed E-state index contributed by atoms with van der Waals surface area (Å²) >= 11 is 0. The molecule has 0 aromatic carbocycles. The van der Waals surface area contributed by atoms with E-state index >= 15 is 0 Å². The molecule has 0 aliphatic rings. The van der Waals surface area contributed by atoms with Crippen molar-refractivity contribution >= 4 is 12.1 Å². The third-order valence-corrected chi connectivity index (χ3v) is 0.454. The van der Waals surface area contributed by atoms with E-state index in [4.69, 9.17) is 9.59 Å². The summed E-state index contributed by atoms with van der Waals surface area (Å²) in [6, 6.07) is 0. The van der Waals surface area contributed by atoms with Crippen LogP contribution < -0.4 is 5.11 Å². The van der Waals surface area contributed by atoms with Gasteiger partial charge >= 0.3 is 6.15 Å². The number of carboxylic acids is 1. The zero-order valence-electron chi connectivity index (χ0n) is 6.81. The van der Waals surface area contributed by atoms with Crippen LogP contribution in [0, 0.1) is 37.7 Å². The number of hydrogen-bond acceptors (Lipinski definition) is 4. The first-order valence-electron chi connectivity index (χ1n) is 2.88. The molecule has 5 heteroatoms. The van der Waals surface area contributed by atoms with Gasteiger partial charge in [0.05, 0.1) is 0 Å². The normalized spacial score (nSPS) is 4.69. The second kappa shape index (κ2) is 40.8. The summed E-state index contributed by atoms with van der Waals surface area (Å²) in [6.45, 7) is 7.80. The van der Waals surface area contributed by atoms with Gasteiger partial charge in [0.2, 0.25) is 0 Å². The fourth-order valence-electron chi connectivity index (χ4n) is 0.204. The summed E-state index contributed by atoms with van der Waals surface area (Å²) in [4.78, 5) is 25.7. The minimum atomic E-state index is -0.961. The van der Waals surface area contributed by atoms with Crippen LogP contribution in [0.15, 0.2) is 13.2 Å². The Morgan fingerprint density at radius 3 is 1.62 bits per heavy atom. The molecular weight excluding hydrogens is 200 g/mol. The fraction of sp³-hybridized carbons (Fsp3) is 0.500. The molecule has 80 valence electrons. The van der Waals surface area contributed by atoms with Gasteiger partial charge in [-0.3, -0.25) is 0 Å². The quantitative estimate of drug-likeness (QED) is 0.624. The van der Waals surface area contributed by atoms with Crippen LogP contribution in [0.25, 0.3) is 0 Å². The first-order chi connectivity index (χ1) is 5.18. The maximum Gasteiger partial charge on any atom is 0.373 e. The predicted molar refractivity (Wildman–Crippen MR) is 42.9 cm³/mol. The van der Waals surface area contributed by atoms with Crippen LogP contribution in [0.4, 0.5) is 0 Å². The van der Waals surface area contributed by atoms with E-state index in [0.29, 0.717) is 6.42 Å². The summed E-state index contributed by atoms with van der Waals surface area (Å²) in [5, 5.41) is 9.49. The Morgan fingerprint density at radius 2 is 1.62 bits per heavy atom. The van der Waals surface area contributed by atoms with E-state index in [1.165, 1.54) is 0 Å². The van der Waals surface area contributed by atoms with Crippen LogP contribution >= 0.6 is 0 Å². The Kier molecular flexibility index (Phi) is 91.8. The molecule has 0 amide bonds. The molecule has 13 heavy (non-hydrogen) atoms. The molecule has 0 N–H and O–H groups in total. The number of carbonyl (C=O) groups is 1. The molecule has 0 aliphatic carbocycles. The van der Waals surface area contributed by atoms with E-state index in [1.54, 1.807) is 6.92 Å². The number of rotatable bonds is 2. The van der Waals surface area contributed by atoms with Crippen molar-refractivity contribution in [2.75, 3.05) is 0 Å². The van der Waals surface area contributed by atoms with Gasteiger partial charge in [0.15, 0.2) is 0 Å². The maximum atomic E-state index is 9.49. The summed E-state index contributed by atoms with van der Waals surface area (Å²) in [7, 11) is 0. The molecule has 0 bridgehead atoms. The van der Waals surface area contributed by atoms with Gasteiger partial charge in [-0.2, -0.15) is 9.59 Å². The number of aliphatic carboxylic acids is 1. The van der Waals surface area contributed by atoms with Crippen molar-refractivity contribution in [3.05, 3.63) is 13.2 Å². The molecule has 0 atom stereocenters. The standard InChI is InChI=1S/C4H8O2.C2H4.CO2.CH4.Ar/c1-2-3-4(5)6;1-2;2-1-3;;/h2-3H2,1H3,(H,5,6);1-2H2;;1H4;/p-1. The number of hydrogen-bond donors (Lipinski definition) is 0. The molecule has 0 unspecified atom stereocenters. The van der Waals surface area contributed by atoms with Crippen LogP contribution in [0.1, 0.15) is 27.2 Å². The first-order valence-corrected chi connectivity index (χ1v) is 2.88. The molecule has 0 radical (unpaired) electrons. The van der Waals surface area contributed by atoms with Crippen molar-refractivity contribution < 1.29 is 57.2 Å². The van der Waals surface area contributed by atoms with Crippen LogP contribution in [-0.2, 0) is 14.4 Å². The van der Waals surface area contributed by atoms with Crippen molar-refractivity contribution in [2.24, 2.45) is 0 Å². The molecule has 0 heterocycles. The minimum Gasteiger partial charge on any atom is -0.550 e. The number of carbonyl (C=O) groups excluding carboxylic acids is 3. The molecule has 0 aromatic rings. The van der Waals surface area contributed by atoms with Gasteiger partial charge in [-0.1, -0.05) is 20.8 Å². The molecule has 0 spiro atoms. The Hall–Kier alpha value is -0.150. The molecule has 0 saturated heterocycles. The zero-order chi connectivity index (χ0) is 9.70. The average molecular weight is 215 g/mol. The largest absolute Gasteiger partial charge is 0.550 e. The van der Waals surface area contributed by atoms with Crippen LogP contribution in [0.2, 0.25) is 0 Å². The maximum absolute atomic E-state index is 9.49. The third-order valence-electron chi connectivity index (χ3n) is 0.454. The van der Waals surface area contributed by atoms with Gasteiger partial charge in [0, 0.05) is 43.7 Å². The van der Waals surface area contributed by atoms with Crippen LogP contribution in [0.5, 0.6) is 0 Å². The van der Waals surface area contributed by atoms with Gasteiger partial charge in [-0.25, -0.2) is 0 Å². The third kappa shape index (κ3) is 142. The van der Waals surface area contributed by atoms with Crippen LogP contribution in [-0.4, -0.2) is 12.1 Å². The van der Waals surface area contributed by atoms with Gasteiger partial charge < -0.3 is 9.90 Å². The Labute approximate surface area is 109 Å². The second-order valence-electron chi connectivity index (χ2n) is 1.21. The molecule has 4 nitrogen and oxygen atoms in total. The van der Waals surface area contributed by atoms with Gasteiger partial charge in [0.25, 0.3) is 0 Å². The van der Waals surface area contributed by atoms with Crippen molar-refractivity contribution in [1.82, 2.24) is 0 Å². The molecule has 0 fully saturated rings. The zero-order valence-corrected chi connectivity index (χ0v) is 7.52. The first kappa shape index (κ1) is 29.3. The van der Waals surface area contributed by atoms with Gasteiger partial charge in [-0.05, 0) is 6.42 Å². The van der Waals surface area contributed by atoms with E-state index in [9.17, 15) is 9.90 Å². The predicted octanol–water partition coefficient (Wildman–Crippen LogP) is 0.391. The van der Waals surface area contributed by atoms with E-state index < -0.39 is 5.97 Å². The smallest absolute Gasteiger partial charge is 0.373 e. The van der Waals surface area contributed by atoms with E-state index in [1.807, 2.05) is 0 Å². The van der Waals surface area contributed by atoms with E-state index in [2.05, 4.69) is 13.2 Å².